The summed E-state index contributed by atoms with van der Waals surface area (Å²) in [6.07, 6.45) is 2.26. The van der Waals surface area contributed by atoms with Gasteiger partial charge in [0.1, 0.15) is 5.75 Å². The molecule has 1 N–H and O–H groups in total. The van der Waals surface area contributed by atoms with Crippen LogP contribution in [0, 0.1) is 6.92 Å². The van der Waals surface area contributed by atoms with Crippen LogP contribution < -0.4 is 10.1 Å². The van der Waals surface area contributed by atoms with Crippen LogP contribution in [0.15, 0.2) is 22.7 Å². The van der Waals surface area contributed by atoms with Crippen LogP contribution in [-0.4, -0.2) is 30.3 Å². The molecule has 1 aromatic carbocycles. The topological polar surface area (TPSA) is 60.2 Å². The summed E-state index contributed by atoms with van der Waals surface area (Å²) in [5.41, 5.74) is 2.03. The second-order valence-electron chi connectivity index (χ2n) is 5.18. The van der Waals surface area contributed by atoms with Crippen molar-refractivity contribution in [1.29, 1.82) is 0 Å². The molecule has 0 amide bonds. The van der Waals surface area contributed by atoms with Gasteiger partial charge in [0, 0.05) is 12.1 Å². The van der Waals surface area contributed by atoms with Crippen LogP contribution in [0.4, 0.5) is 0 Å². The Balaban J connectivity index is 1.84. The fourth-order valence-corrected chi connectivity index (χ4v) is 2.60. The first-order valence-corrected chi connectivity index (χ1v) is 6.97. The third-order valence-corrected chi connectivity index (χ3v) is 3.74. The van der Waals surface area contributed by atoms with Crippen LogP contribution in [0.3, 0.4) is 0 Å². The van der Waals surface area contributed by atoms with Crippen LogP contribution in [-0.2, 0) is 0 Å². The predicted molar refractivity (Wildman–Crippen MR) is 75.9 cm³/mol. The first-order valence-electron chi connectivity index (χ1n) is 6.97. The molecule has 1 atom stereocenters. The van der Waals surface area contributed by atoms with Crippen molar-refractivity contribution in [3.8, 4) is 17.1 Å². The van der Waals surface area contributed by atoms with Crippen molar-refractivity contribution in [2.45, 2.75) is 25.7 Å². The number of aryl methyl sites for hydroxylation is 1. The van der Waals surface area contributed by atoms with Gasteiger partial charge >= 0.3 is 0 Å². The van der Waals surface area contributed by atoms with E-state index in [1.54, 1.807) is 7.11 Å². The van der Waals surface area contributed by atoms with Gasteiger partial charge in [-0.15, -0.1) is 0 Å². The second-order valence-corrected chi connectivity index (χ2v) is 5.18. The molecule has 0 radical (unpaired) electrons. The van der Waals surface area contributed by atoms with Crippen molar-refractivity contribution >= 4 is 0 Å². The SMILES string of the molecule is COc1ccc(-c2noc([C@H]3CCCNC3)n2)cc1C. The zero-order valence-electron chi connectivity index (χ0n) is 11.8. The molecule has 5 nitrogen and oxygen atoms in total. The molecule has 2 aromatic rings. The van der Waals surface area contributed by atoms with E-state index in [1.165, 1.54) is 0 Å². The number of nitrogens with one attached hydrogen (secondary N) is 1. The molecule has 1 aliphatic rings. The van der Waals surface area contributed by atoms with Crippen LogP contribution in [0.5, 0.6) is 5.75 Å². The van der Waals surface area contributed by atoms with Crippen molar-refractivity contribution in [2.24, 2.45) is 0 Å². The van der Waals surface area contributed by atoms with Gasteiger partial charge in [0.05, 0.1) is 13.0 Å². The van der Waals surface area contributed by atoms with Crippen molar-refractivity contribution in [3.63, 3.8) is 0 Å². The summed E-state index contributed by atoms with van der Waals surface area (Å²) in [5, 5.41) is 7.47. The number of hydrogen-bond acceptors (Lipinski definition) is 5. The van der Waals surface area contributed by atoms with Crippen molar-refractivity contribution in [1.82, 2.24) is 15.5 Å². The minimum absolute atomic E-state index is 0.337. The minimum Gasteiger partial charge on any atom is -0.496 e. The molecule has 0 bridgehead atoms. The fraction of sp³-hybridized carbons (Fsp3) is 0.467. The molecule has 106 valence electrons. The standard InChI is InChI=1S/C15H19N3O2/c1-10-8-11(5-6-13(10)19-2)14-17-15(20-18-14)12-4-3-7-16-9-12/h5-6,8,12,16H,3-4,7,9H2,1-2H3/t12-/m0/s1. The number of nitrogens with zero attached hydrogens (tertiary/aromatic N) is 2. The monoisotopic (exact) mass is 273 g/mol. The summed E-state index contributed by atoms with van der Waals surface area (Å²) >= 11 is 0. The Morgan fingerprint density at radius 1 is 1.40 bits per heavy atom. The van der Waals surface area contributed by atoms with Crippen LogP contribution in [0.1, 0.15) is 30.2 Å². The van der Waals surface area contributed by atoms with Gasteiger partial charge in [-0.2, -0.15) is 4.98 Å². The van der Waals surface area contributed by atoms with E-state index in [9.17, 15) is 0 Å². The van der Waals surface area contributed by atoms with Gasteiger partial charge in [-0.3, -0.25) is 0 Å². The third kappa shape index (κ3) is 2.54. The highest BCUT2D eigenvalue weighted by Crippen LogP contribution is 2.27. The van der Waals surface area contributed by atoms with Gasteiger partial charge in [-0.05, 0) is 50.1 Å². The van der Waals surface area contributed by atoms with E-state index in [-0.39, 0.29) is 0 Å². The Bertz CT molecular complexity index is 589. The first kappa shape index (κ1) is 13.1. The zero-order valence-corrected chi connectivity index (χ0v) is 11.8. The molecular formula is C15H19N3O2. The summed E-state index contributed by atoms with van der Waals surface area (Å²) in [7, 11) is 1.67. The maximum Gasteiger partial charge on any atom is 0.231 e. The highest BCUT2D eigenvalue weighted by Gasteiger charge is 2.21. The Labute approximate surface area is 118 Å². The number of piperidine rings is 1. The molecule has 1 saturated heterocycles. The lowest BCUT2D eigenvalue weighted by Crippen LogP contribution is -2.28. The number of hydrogen-bond donors (Lipinski definition) is 1. The van der Waals surface area contributed by atoms with Gasteiger partial charge in [-0.25, -0.2) is 0 Å². The average molecular weight is 273 g/mol. The molecule has 1 aliphatic heterocycles. The third-order valence-electron chi connectivity index (χ3n) is 3.74. The number of methoxy groups -OCH3 is 1. The Kier molecular flexibility index (Phi) is 3.69. The summed E-state index contributed by atoms with van der Waals surface area (Å²) < 4.78 is 10.7. The van der Waals surface area contributed by atoms with Gasteiger partial charge < -0.3 is 14.6 Å². The van der Waals surface area contributed by atoms with Crippen LogP contribution in [0.2, 0.25) is 0 Å². The number of rotatable bonds is 3. The molecule has 0 saturated carbocycles. The molecule has 1 fully saturated rings. The normalized spacial score (nSPS) is 19.0. The zero-order chi connectivity index (χ0) is 13.9. The Hall–Kier alpha value is -1.88. The van der Waals surface area contributed by atoms with E-state index in [1.807, 2.05) is 25.1 Å². The summed E-state index contributed by atoms with van der Waals surface area (Å²) in [6.45, 7) is 4.01. The molecule has 0 aliphatic carbocycles. The Morgan fingerprint density at radius 2 is 2.30 bits per heavy atom. The summed E-state index contributed by atoms with van der Waals surface area (Å²) in [5.74, 6) is 2.59. The molecule has 5 heteroatoms. The average Bonchev–Trinajstić information content (AvgIpc) is 2.98. The lowest BCUT2D eigenvalue weighted by atomic mass is 10.00. The van der Waals surface area contributed by atoms with E-state index in [0.29, 0.717) is 11.7 Å². The van der Waals surface area contributed by atoms with Gasteiger partial charge in [0.25, 0.3) is 0 Å². The van der Waals surface area contributed by atoms with Gasteiger partial charge in [0.15, 0.2) is 0 Å². The summed E-state index contributed by atoms with van der Waals surface area (Å²) in [6, 6.07) is 5.91. The van der Waals surface area contributed by atoms with Crippen LogP contribution >= 0.6 is 0 Å². The maximum atomic E-state index is 5.42. The molecular weight excluding hydrogens is 254 g/mol. The van der Waals surface area contributed by atoms with E-state index in [4.69, 9.17) is 9.26 Å². The molecule has 3 rings (SSSR count). The predicted octanol–water partition coefficient (Wildman–Crippen LogP) is 2.52. The molecule has 20 heavy (non-hydrogen) atoms. The smallest absolute Gasteiger partial charge is 0.231 e. The number of aromatic nitrogens is 2. The molecule has 0 unspecified atom stereocenters. The van der Waals surface area contributed by atoms with Crippen molar-refractivity contribution in [2.75, 3.05) is 20.2 Å². The number of ether oxygens (including phenoxy) is 1. The first-order chi connectivity index (χ1) is 9.78. The van der Waals surface area contributed by atoms with Crippen molar-refractivity contribution in [3.05, 3.63) is 29.7 Å². The lowest BCUT2D eigenvalue weighted by molar-refractivity contribution is 0.322. The van der Waals surface area contributed by atoms with Gasteiger partial charge in [0.2, 0.25) is 11.7 Å². The second kappa shape index (κ2) is 5.63. The van der Waals surface area contributed by atoms with E-state index in [2.05, 4.69) is 15.5 Å². The van der Waals surface area contributed by atoms with E-state index in [0.717, 1.165) is 48.7 Å². The maximum absolute atomic E-state index is 5.42. The molecule has 1 aromatic heterocycles. The molecule has 2 heterocycles. The van der Waals surface area contributed by atoms with Crippen molar-refractivity contribution < 1.29 is 9.26 Å². The van der Waals surface area contributed by atoms with Gasteiger partial charge in [-0.1, -0.05) is 5.16 Å². The van der Waals surface area contributed by atoms with E-state index < -0.39 is 0 Å². The van der Waals surface area contributed by atoms with Crippen LogP contribution in [0.25, 0.3) is 11.4 Å². The number of benzene rings is 1. The quantitative estimate of drug-likeness (QED) is 0.931. The largest absolute Gasteiger partial charge is 0.496 e. The highest BCUT2D eigenvalue weighted by atomic mass is 16.5. The molecule has 0 spiro atoms. The Morgan fingerprint density at radius 3 is 3.00 bits per heavy atom. The minimum atomic E-state index is 0.337. The fourth-order valence-electron chi connectivity index (χ4n) is 2.60. The summed E-state index contributed by atoms with van der Waals surface area (Å²) in [4.78, 5) is 4.54. The highest BCUT2D eigenvalue weighted by molar-refractivity contribution is 5.58. The lowest BCUT2D eigenvalue weighted by Gasteiger charge is -2.18. The van der Waals surface area contributed by atoms with E-state index >= 15 is 0 Å².